The maximum atomic E-state index is 10.4. The average molecular weight is 276 g/mol. The number of aliphatic hydroxyl groups is 1. The number of aryl methyl sites for hydroxylation is 2. The van der Waals surface area contributed by atoms with Crippen molar-refractivity contribution in [2.75, 3.05) is 0 Å². The summed E-state index contributed by atoms with van der Waals surface area (Å²) in [6, 6.07) is 0. The monoisotopic (exact) mass is 276 g/mol. The number of fused-ring (bicyclic) bond motifs is 1. The fourth-order valence-electron chi connectivity index (χ4n) is 2.45. The van der Waals surface area contributed by atoms with Gasteiger partial charge in [-0.05, 0) is 13.8 Å². The Balaban J connectivity index is 1.88. The molecule has 1 N–H and O–H groups in total. The molecule has 3 aromatic rings. The fraction of sp³-hybridized carbons (Fsp3) is 0.385. The molecule has 6 heteroatoms. The number of thiazole rings is 1. The maximum absolute atomic E-state index is 10.4. The summed E-state index contributed by atoms with van der Waals surface area (Å²) in [7, 11) is 1.89. The summed E-state index contributed by atoms with van der Waals surface area (Å²) >= 11 is 1.60. The van der Waals surface area contributed by atoms with Gasteiger partial charge >= 0.3 is 0 Å². The molecule has 1 atom stereocenters. The molecule has 3 rings (SSSR count). The van der Waals surface area contributed by atoms with Gasteiger partial charge in [-0.15, -0.1) is 11.3 Å². The molecule has 100 valence electrons. The summed E-state index contributed by atoms with van der Waals surface area (Å²) in [5.41, 5.74) is 3.71. The molecule has 3 heterocycles. The zero-order chi connectivity index (χ0) is 13.6. The predicted octanol–water partition coefficient (Wildman–Crippen LogP) is 2.02. The van der Waals surface area contributed by atoms with Gasteiger partial charge in [0.2, 0.25) is 0 Å². The standard InChI is InChI=1S/C13H16N4OS/c1-8-12(9(2)16(3)15-8)11(18)6-10-7-17-4-5-19-13(17)14-10/h4-5,7,11,18H,6H2,1-3H3. The highest BCUT2D eigenvalue weighted by Gasteiger charge is 2.19. The van der Waals surface area contributed by atoms with Crippen molar-refractivity contribution in [3.05, 3.63) is 40.4 Å². The van der Waals surface area contributed by atoms with Gasteiger partial charge in [-0.1, -0.05) is 0 Å². The van der Waals surface area contributed by atoms with Crippen molar-refractivity contribution >= 4 is 16.3 Å². The molecule has 0 amide bonds. The number of hydrogen-bond donors (Lipinski definition) is 1. The largest absolute Gasteiger partial charge is 0.388 e. The number of rotatable bonds is 3. The van der Waals surface area contributed by atoms with E-state index in [1.807, 2.05) is 43.1 Å². The van der Waals surface area contributed by atoms with Crippen LogP contribution in [0.25, 0.3) is 4.96 Å². The van der Waals surface area contributed by atoms with E-state index in [1.165, 1.54) is 0 Å². The molecule has 0 saturated heterocycles. The smallest absolute Gasteiger partial charge is 0.193 e. The highest BCUT2D eigenvalue weighted by molar-refractivity contribution is 7.15. The topological polar surface area (TPSA) is 55.3 Å². The molecule has 0 fully saturated rings. The highest BCUT2D eigenvalue weighted by atomic mass is 32.1. The average Bonchev–Trinajstić information content (AvgIpc) is 2.94. The van der Waals surface area contributed by atoms with Crippen molar-refractivity contribution in [2.24, 2.45) is 7.05 Å². The third kappa shape index (κ3) is 2.06. The molecule has 0 aliphatic carbocycles. The summed E-state index contributed by atoms with van der Waals surface area (Å²) in [5, 5.41) is 16.7. The van der Waals surface area contributed by atoms with E-state index in [0.29, 0.717) is 6.42 Å². The van der Waals surface area contributed by atoms with E-state index in [9.17, 15) is 5.11 Å². The Kier molecular flexibility index (Phi) is 2.91. The van der Waals surface area contributed by atoms with Gasteiger partial charge in [-0.25, -0.2) is 4.98 Å². The molecule has 19 heavy (non-hydrogen) atoms. The Bertz CT molecular complexity index is 696. The van der Waals surface area contributed by atoms with E-state index >= 15 is 0 Å². The van der Waals surface area contributed by atoms with Gasteiger partial charge < -0.3 is 5.11 Å². The Morgan fingerprint density at radius 2 is 2.21 bits per heavy atom. The van der Waals surface area contributed by atoms with Crippen molar-refractivity contribution < 1.29 is 5.11 Å². The molecule has 0 spiro atoms. The summed E-state index contributed by atoms with van der Waals surface area (Å²) in [6.07, 6.45) is 3.90. The molecule has 0 saturated carbocycles. The normalized spacial score (nSPS) is 13.3. The molecule has 3 aromatic heterocycles. The van der Waals surface area contributed by atoms with Crippen molar-refractivity contribution in [3.63, 3.8) is 0 Å². The maximum Gasteiger partial charge on any atom is 0.193 e. The first-order valence-electron chi connectivity index (χ1n) is 6.15. The van der Waals surface area contributed by atoms with E-state index in [2.05, 4.69) is 10.1 Å². The van der Waals surface area contributed by atoms with Gasteiger partial charge in [-0.2, -0.15) is 5.10 Å². The second-order valence-corrected chi connectivity index (χ2v) is 5.63. The number of hydrogen-bond acceptors (Lipinski definition) is 4. The van der Waals surface area contributed by atoms with Gasteiger partial charge in [0.05, 0.1) is 17.5 Å². The van der Waals surface area contributed by atoms with Crippen LogP contribution in [0.3, 0.4) is 0 Å². The molecule has 0 aliphatic heterocycles. The minimum atomic E-state index is -0.557. The summed E-state index contributed by atoms with van der Waals surface area (Å²) in [5.74, 6) is 0. The molecule has 5 nitrogen and oxygen atoms in total. The van der Waals surface area contributed by atoms with Gasteiger partial charge in [-0.3, -0.25) is 9.08 Å². The Hall–Kier alpha value is -1.66. The zero-order valence-corrected chi connectivity index (χ0v) is 12.0. The lowest BCUT2D eigenvalue weighted by Crippen LogP contribution is -2.05. The summed E-state index contributed by atoms with van der Waals surface area (Å²) < 4.78 is 3.79. The van der Waals surface area contributed by atoms with Crippen LogP contribution in [0.4, 0.5) is 0 Å². The van der Waals surface area contributed by atoms with Crippen LogP contribution in [0.15, 0.2) is 17.8 Å². The Morgan fingerprint density at radius 1 is 1.42 bits per heavy atom. The quantitative estimate of drug-likeness (QED) is 0.796. The minimum absolute atomic E-state index is 0.516. The summed E-state index contributed by atoms with van der Waals surface area (Å²) in [4.78, 5) is 5.46. The number of aliphatic hydroxyl groups excluding tert-OH is 1. The van der Waals surface area contributed by atoms with Gasteiger partial charge in [0, 0.05) is 42.5 Å². The molecule has 0 bridgehead atoms. The third-order valence-electron chi connectivity index (χ3n) is 3.44. The number of imidazole rings is 1. The second-order valence-electron chi connectivity index (χ2n) is 4.75. The molecule has 1 unspecified atom stereocenters. The lowest BCUT2D eigenvalue weighted by molar-refractivity contribution is 0.176. The van der Waals surface area contributed by atoms with E-state index in [1.54, 1.807) is 16.0 Å². The first-order valence-corrected chi connectivity index (χ1v) is 7.03. The van der Waals surface area contributed by atoms with Crippen molar-refractivity contribution in [2.45, 2.75) is 26.4 Å². The van der Waals surface area contributed by atoms with E-state index in [4.69, 9.17) is 0 Å². The Morgan fingerprint density at radius 3 is 2.84 bits per heavy atom. The molecular weight excluding hydrogens is 260 g/mol. The van der Waals surface area contributed by atoms with Crippen molar-refractivity contribution in [1.82, 2.24) is 19.2 Å². The first-order chi connectivity index (χ1) is 9.06. The summed E-state index contributed by atoms with van der Waals surface area (Å²) in [6.45, 7) is 3.90. The lowest BCUT2D eigenvalue weighted by Gasteiger charge is -2.09. The minimum Gasteiger partial charge on any atom is -0.388 e. The van der Waals surface area contributed by atoms with Gasteiger partial charge in [0.25, 0.3) is 0 Å². The van der Waals surface area contributed by atoms with Crippen molar-refractivity contribution in [3.8, 4) is 0 Å². The van der Waals surface area contributed by atoms with Crippen LogP contribution in [0.2, 0.25) is 0 Å². The van der Waals surface area contributed by atoms with Crippen molar-refractivity contribution in [1.29, 1.82) is 0 Å². The molecular formula is C13H16N4OS. The Labute approximate surface area is 115 Å². The lowest BCUT2D eigenvalue weighted by atomic mass is 10.0. The van der Waals surface area contributed by atoms with Crippen LogP contribution in [-0.2, 0) is 13.5 Å². The van der Waals surface area contributed by atoms with Crippen LogP contribution in [0, 0.1) is 13.8 Å². The van der Waals surface area contributed by atoms with Crippen LogP contribution >= 0.6 is 11.3 Å². The van der Waals surface area contributed by atoms with E-state index < -0.39 is 6.10 Å². The fourth-order valence-corrected chi connectivity index (χ4v) is 3.17. The molecule has 0 aromatic carbocycles. The van der Waals surface area contributed by atoms with Gasteiger partial charge in [0.1, 0.15) is 0 Å². The molecule has 0 radical (unpaired) electrons. The zero-order valence-electron chi connectivity index (χ0n) is 11.2. The van der Waals surface area contributed by atoms with E-state index in [0.717, 1.165) is 27.6 Å². The number of nitrogens with zero attached hydrogens (tertiary/aromatic N) is 4. The van der Waals surface area contributed by atoms with Crippen LogP contribution in [0.5, 0.6) is 0 Å². The predicted molar refractivity (Wildman–Crippen MR) is 74.4 cm³/mol. The van der Waals surface area contributed by atoms with Crippen LogP contribution in [-0.4, -0.2) is 24.3 Å². The van der Waals surface area contributed by atoms with Crippen LogP contribution < -0.4 is 0 Å². The highest BCUT2D eigenvalue weighted by Crippen LogP contribution is 2.24. The molecule has 0 aliphatic rings. The third-order valence-corrected chi connectivity index (χ3v) is 4.21. The number of aromatic nitrogens is 4. The van der Waals surface area contributed by atoms with Gasteiger partial charge in [0.15, 0.2) is 4.96 Å². The second kappa shape index (κ2) is 4.47. The van der Waals surface area contributed by atoms with Crippen LogP contribution in [0.1, 0.15) is 28.7 Å². The SMILES string of the molecule is Cc1nn(C)c(C)c1C(O)Cc1cn2ccsc2n1. The first kappa shape index (κ1) is 12.4. The van der Waals surface area contributed by atoms with E-state index in [-0.39, 0.29) is 0 Å².